The summed E-state index contributed by atoms with van der Waals surface area (Å²) in [5.74, 6) is 0.671. The Kier molecular flexibility index (Phi) is 4.74. The van der Waals surface area contributed by atoms with E-state index in [1.165, 1.54) is 0 Å². The van der Waals surface area contributed by atoms with Gasteiger partial charge in [0.25, 0.3) is 5.91 Å². The number of carbonyl (C=O) groups excluding carboxylic acids is 2. The first kappa shape index (κ1) is 17.0. The van der Waals surface area contributed by atoms with Crippen molar-refractivity contribution in [2.45, 2.75) is 39.7 Å². The van der Waals surface area contributed by atoms with Gasteiger partial charge in [-0.3, -0.25) is 4.79 Å². The molecule has 1 aliphatic rings. The molecular weight excluding hydrogens is 320 g/mol. The van der Waals surface area contributed by atoms with Crippen molar-refractivity contribution in [2.75, 3.05) is 11.9 Å². The maximum absolute atomic E-state index is 12.2. The van der Waals surface area contributed by atoms with Crippen LogP contribution in [0.2, 0.25) is 0 Å². The zero-order chi connectivity index (χ0) is 18.0. The average Bonchev–Trinajstić information content (AvgIpc) is 2.87. The fourth-order valence-corrected chi connectivity index (χ4v) is 3.03. The number of nitrogens with one attached hydrogen (secondary N) is 3. The van der Waals surface area contributed by atoms with E-state index in [-0.39, 0.29) is 18.0 Å². The molecule has 0 radical (unpaired) electrons. The van der Waals surface area contributed by atoms with E-state index in [0.717, 1.165) is 29.0 Å². The fourth-order valence-electron chi connectivity index (χ4n) is 3.03. The first-order valence-electron chi connectivity index (χ1n) is 8.34. The zero-order valence-electron chi connectivity index (χ0n) is 14.6. The van der Waals surface area contributed by atoms with Crippen LogP contribution in [0.4, 0.5) is 10.5 Å². The molecular formula is C18H22N4O3. The number of fused-ring (bicyclic) bond motifs is 1. The van der Waals surface area contributed by atoms with Gasteiger partial charge in [-0.05, 0) is 51.3 Å². The Labute approximate surface area is 146 Å². The monoisotopic (exact) mass is 342 g/mol. The summed E-state index contributed by atoms with van der Waals surface area (Å²) in [5, 5.41) is 12.4. The van der Waals surface area contributed by atoms with Gasteiger partial charge in [0.2, 0.25) is 0 Å². The van der Waals surface area contributed by atoms with E-state index in [0.29, 0.717) is 24.2 Å². The third-order valence-corrected chi connectivity index (χ3v) is 4.36. The molecule has 0 spiro atoms. The molecule has 2 heterocycles. The maximum atomic E-state index is 12.2. The van der Waals surface area contributed by atoms with Crippen molar-refractivity contribution in [2.24, 2.45) is 0 Å². The topological polar surface area (TPSA) is 96.3 Å². The van der Waals surface area contributed by atoms with E-state index < -0.39 is 0 Å². The molecule has 3 rings (SSSR count). The molecule has 0 unspecified atom stereocenters. The molecule has 3 amide bonds. The lowest BCUT2D eigenvalue weighted by Crippen LogP contribution is -2.37. The molecule has 0 aliphatic carbocycles. The van der Waals surface area contributed by atoms with Crippen LogP contribution in [0.5, 0.6) is 0 Å². The summed E-state index contributed by atoms with van der Waals surface area (Å²) in [7, 11) is 0. The van der Waals surface area contributed by atoms with Crippen molar-refractivity contribution in [1.29, 1.82) is 0 Å². The third kappa shape index (κ3) is 3.81. The number of aryl methyl sites for hydroxylation is 2. The molecule has 25 heavy (non-hydrogen) atoms. The maximum Gasteiger partial charge on any atom is 0.319 e. The van der Waals surface area contributed by atoms with Crippen molar-refractivity contribution < 1.29 is 14.1 Å². The number of nitrogens with zero attached hydrogens (tertiary/aromatic N) is 1. The molecule has 1 aliphatic heterocycles. The first-order valence-corrected chi connectivity index (χ1v) is 8.34. The first-order chi connectivity index (χ1) is 11.9. The van der Waals surface area contributed by atoms with E-state index in [2.05, 4.69) is 21.1 Å². The van der Waals surface area contributed by atoms with Gasteiger partial charge in [-0.1, -0.05) is 11.2 Å². The predicted octanol–water partition coefficient (Wildman–Crippen LogP) is 2.33. The summed E-state index contributed by atoms with van der Waals surface area (Å²) in [6.07, 6.45) is 1.45. The summed E-state index contributed by atoms with van der Waals surface area (Å²) in [5.41, 5.74) is 4.07. The molecule has 1 aromatic heterocycles. The molecule has 1 aromatic carbocycles. The van der Waals surface area contributed by atoms with Crippen molar-refractivity contribution in [3.05, 3.63) is 46.3 Å². The summed E-state index contributed by atoms with van der Waals surface area (Å²) in [4.78, 5) is 24.1. The van der Waals surface area contributed by atoms with E-state index in [4.69, 9.17) is 4.52 Å². The second kappa shape index (κ2) is 6.96. The summed E-state index contributed by atoms with van der Waals surface area (Å²) >= 11 is 0. The van der Waals surface area contributed by atoms with Gasteiger partial charge < -0.3 is 20.5 Å². The normalized spacial score (nSPS) is 14.4. The molecule has 7 heteroatoms. The van der Waals surface area contributed by atoms with Crippen molar-refractivity contribution in [3.8, 4) is 0 Å². The number of rotatable bonds is 4. The third-order valence-electron chi connectivity index (χ3n) is 4.36. The van der Waals surface area contributed by atoms with E-state index in [1.807, 2.05) is 32.9 Å². The molecule has 0 fully saturated rings. The fraction of sp³-hybridized carbons (Fsp3) is 0.389. The van der Waals surface area contributed by atoms with Gasteiger partial charge in [-0.25, -0.2) is 4.79 Å². The summed E-state index contributed by atoms with van der Waals surface area (Å²) in [6, 6.07) is 5.02. The quantitative estimate of drug-likeness (QED) is 0.794. The molecule has 1 atom stereocenters. The number of benzene rings is 1. The zero-order valence-corrected chi connectivity index (χ0v) is 14.6. The lowest BCUT2D eigenvalue weighted by Gasteiger charge is -2.18. The van der Waals surface area contributed by atoms with E-state index >= 15 is 0 Å². The highest BCUT2D eigenvalue weighted by Crippen LogP contribution is 2.19. The number of hydrogen-bond acceptors (Lipinski definition) is 4. The smallest absolute Gasteiger partial charge is 0.319 e. The Morgan fingerprint density at radius 2 is 2.20 bits per heavy atom. The lowest BCUT2D eigenvalue weighted by molar-refractivity contribution is 0.0946. The summed E-state index contributed by atoms with van der Waals surface area (Å²) < 4.78 is 5.14. The predicted molar refractivity (Wildman–Crippen MR) is 93.8 cm³/mol. The SMILES string of the molecule is Cc1noc(C)c1C[C@H](C)NC(=O)Nc1ccc2c(c1)C(=O)NCC2. The molecule has 0 saturated carbocycles. The Hall–Kier alpha value is -2.83. The van der Waals surface area contributed by atoms with Crippen LogP contribution in [-0.2, 0) is 12.8 Å². The van der Waals surface area contributed by atoms with Gasteiger partial charge in [-0.2, -0.15) is 0 Å². The molecule has 0 bridgehead atoms. The van der Waals surface area contributed by atoms with E-state index in [1.54, 1.807) is 6.07 Å². The van der Waals surface area contributed by atoms with Crippen molar-refractivity contribution in [3.63, 3.8) is 0 Å². The lowest BCUT2D eigenvalue weighted by atomic mass is 10.00. The minimum atomic E-state index is -0.310. The van der Waals surface area contributed by atoms with Crippen LogP contribution < -0.4 is 16.0 Å². The van der Waals surface area contributed by atoms with Crippen molar-refractivity contribution >= 4 is 17.6 Å². The average molecular weight is 342 g/mol. The van der Waals surface area contributed by atoms with E-state index in [9.17, 15) is 9.59 Å². The Morgan fingerprint density at radius 1 is 1.40 bits per heavy atom. The van der Waals surface area contributed by atoms with Crippen LogP contribution in [0, 0.1) is 13.8 Å². The second-order valence-electron chi connectivity index (χ2n) is 6.38. The highest BCUT2D eigenvalue weighted by Gasteiger charge is 2.18. The van der Waals surface area contributed by atoms with Crippen LogP contribution in [0.15, 0.2) is 22.7 Å². The number of urea groups is 1. The Morgan fingerprint density at radius 3 is 2.92 bits per heavy atom. The van der Waals surface area contributed by atoms with Crippen LogP contribution >= 0.6 is 0 Å². The minimum absolute atomic E-state index is 0.0854. The highest BCUT2D eigenvalue weighted by molar-refractivity contribution is 5.99. The van der Waals surface area contributed by atoms with Gasteiger partial charge in [0, 0.05) is 29.4 Å². The molecule has 0 saturated heterocycles. The van der Waals surface area contributed by atoms with Crippen LogP contribution in [0.1, 0.15) is 39.9 Å². The molecule has 7 nitrogen and oxygen atoms in total. The van der Waals surface area contributed by atoms with Gasteiger partial charge in [0.15, 0.2) is 0 Å². The number of amides is 3. The number of aromatic nitrogens is 1. The Balaban J connectivity index is 1.61. The van der Waals surface area contributed by atoms with Crippen LogP contribution in [-0.4, -0.2) is 29.7 Å². The van der Waals surface area contributed by atoms with Gasteiger partial charge in [0.05, 0.1) is 5.69 Å². The van der Waals surface area contributed by atoms with Gasteiger partial charge in [0.1, 0.15) is 5.76 Å². The standard InChI is InChI=1S/C18H22N4O3/c1-10(8-15-11(2)22-25-12(15)3)20-18(24)21-14-5-4-13-6-7-19-17(23)16(13)9-14/h4-5,9-10H,6-8H2,1-3H3,(H,19,23)(H2,20,21,24)/t10-/m0/s1. The minimum Gasteiger partial charge on any atom is -0.361 e. The number of anilines is 1. The molecule has 132 valence electrons. The highest BCUT2D eigenvalue weighted by atomic mass is 16.5. The van der Waals surface area contributed by atoms with Crippen LogP contribution in [0.3, 0.4) is 0 Å². The molecule has 3 N–H and O–H groups in total. The molecule has 2 aromatic rings. The largest absolute Gasteiger partial charge is 0.361 e. The van der Waals surface area contributed by atoms with Gasteiger partial charge >= 0.3 is 6.03 Å². The number of carbonyl (C=O) groups is 2. The van der Waals surface area contributed by atoms with Crippen molar-refractivity contribution in [1.82, 2.24) is 15.8 Å². The summed E-state index contributed by atoms with van der Waals surface area (Å²) in [6.45, 7) is 6.32. The van der Waals surface area contributed by atoms with Crippen LogP contribution in [0.25, 0.3) is 0 Å². The second-order valence-corrected chi connectivity index (χ2v) is 6.38. The number of hydrogen-bond donors (Lipinski definition) is 3. The Bertz CT molecular complexity index is 793. The van der Waals surface area contributed by atoms with Gasteiger partial charge in [-0.15, -0.1) is 0 Å².